The van der Waals surface area contributed by atoms with E-state index in [0.29, 0.717) is 5.92 Å². The van der Waals surface area contributed by atoms with Crippen LogP contribution in [-0.4, -0.2) is 14.9 Å². The maximum Gasteiger partial charge on any atom is 0.192 e. The van der Waals surface area contributed by atoms with E-state index in [1.807, 2.05) is 11.3 Å². The van der Waals surface area contributed by atoms with Crippen molar-refractivity contribution in [3.63, 3.8) is 0 Å². The van der Waals surface area contributed by atoms with Gasteiger partial charge in [0, 0.05) is 17.4 Å². The third-order valence-electron chi connectivity index (χ3n) is 5.15. The molecule has 0 radical (unpaired) electrons. The molecule has 1 aromatic carbocycles. The molecule has 25 heavy (non-hydrogen) atoms. The van der Waals surface area contributed by atoms with Crippen LogP contribution >= 0.6 is 11.3 Å². The summed E-state index contributed by atoms with van der Waals surface area (Å²) >= 11 is 1.83. The van der Waals surface area contributed by atoms with Gasteiger partial charge < -0.3 is 4.43 Å². The summed E-state index contributed by atoms with van der Waals surface area (Å²) < 4.78 is 6.49. The van der Waals surface area contributed by atoms with Gasteiger partial charge in [0.05, 0.1) is 0 Å². The zero-order valence-corrected chi connectivity index (χ0v) is 18.1. The predicted molar refractivity (Wildman–Crippen MR) is 114 cm³/mol. The first-order valence-corrected chi connectivity index (χ1v) is 13.0. The zero-order chi connectivity index (χ0) is 18.3. The van der Waals surface area contributed by atoms with Gasteiger partial charge in [0.15, 0.2) is 8.32 Å². The van der Waals surface area contributed by atoms with E-state index < -0.39 is 8.32 Å². The maximum absolute atomic E-state index is 6.49. The molecule has 0 bridgehead atoms. The minimum absolute atomic E-state index is 0.254. The molecule has 2 aromatic rings. The molecule has 136 valence electrons. The fraction of sp³-hybridized carbons (Fsp3) is 0.455. The van der Waals surface area contributed by atoms with Gasteiger partial charge in [-0.2, -0.15) is 0 Å². The van der Waals surface area contributed by atoms with Gasteiger partial charge in [-0.25, -0.2) is 0 Å². The van der Waals surface area contributed by atoms with Gasteiger partial charge in [-0.05, 0) is 48.0 Å². The highest BCUT2D eigenvalue weighted by atomic mass is 32.1. The lowest BCUT2D eigenvalue weighted by atomic mass is 10.1. The lowest BCUT2D eigenvalue weighted by molar-refractivity contribution is 0.279. The Labute approximate surface area is 158 Å². The van der Waals surface area contributed by atoms with Gasteiger partial charge in [-0.15, -0.1) is 11.3 Å². The van der Waals surface area contributed by atoms with E-state index >= 15 is 0 Å². The number of allylic oxidation sites excluding steroid dienone is 1. The van der Waals surface area contributed by atoms with E-state index in [-0.39, 0.29) is 5.04 Å². The van der Waals surface area contributed by atoms with E-state index in [2.05, 4.69) is 93.9 Å². The van der Waals surface area contributed by atoms with Crippen molar-refractivity contribution in [1.82, 2.24) is 0 Å². The van der Waals surface area contributed by atoms with Crippen LogP contribution in [0.3, 0.4) is 0 Å². The molecule has 0 N–H and O–H groups in total. The highest BCUT2D eigenvalue weighted by molar-refractivity contribution is 7.10. The molecule has 1 nitrogen and oxygen atoms in total. The molecule has 0 amide bonds. The smallest absolute Gasteiger partial charge is 0.192 e. The van der Waals surface area contributed by atoms with E-state index in [0.717, 1.165) is 19.4 Å². The summed E-state index contributed by atoms with van der Waals surface area (Å²) in [5.41, 5.74) is 1.40. The van der Waals surface area contributed by atoms with Gasteiger partial charge in [-0.1, -0.05) is 69.3 Å². The molecule has 0 saturated carbocycles. The van der Waals surface area contributed by atoms with E-state index in [1.165, 1.54) is 10.4 Å². The van der Waals surface area contributed by atoms with E-state index in [1.54, 1.807) is 0 Å². The summed E-state index contributed by atoms with van der Waals surface area (Å²) in [6.45, 7) is 12.4. The number of rotatable bonds is 8. The molecule has 0 unspecified atom stereocenters. The van der Waals surface area contributed by atoms with Crippen molar-refractivity contribution < 1.29 is 4.43 Å². The number of thiophene rings is 1. The highest BCUT2D eigenvalue weighted by Gasteiger charge is 2.37. The zero-order valence-electron chi connectivity index (χ0n) is 16.3. The summed E-state index contributed by atoms with van der Waals surface area (Å²) in [5.74, 6) is 0.366. The monoisotopic (exact) mass is 372 g/mol. The van der Waals surface area contributed by atoms with Crippen LogP contribution in [0, 0.1) is 0 Å². The standard InChI is InChI=1S/C22H32OSSi/c1-22(2,3)25(4,5)23-18-20(21-16-11-17-24-21)15-10-9-14-19-12-7-6-8-13-19/h6-8,10-13,15-17,20H,9,14,18H2,1-5H3/b15-10+/t20-/m0/s1. The van der Waals surface area contributed by atoms with Crippen LogP contribution < -0.4 is 0 Å². The third kappa shape index (κ3) is 6.25. The summed E-state index contributed by atoms with van der Waals surface area (Å²) in [7, 11) is -1.71. The molecule has 0 aliphatic heterocycles. The number of aryl methyl sites for hydroxylation is 1. The van der Waals surface area contributed by atoms with E-state index in [9.17, 15) is 0 Å². The Morgan fingerprint density at radius 2 is 1.80 bits per heavy atom. The average Bonchev–Trinajstić information content (AvgIpc) is 3.08. The van der Waals surface area contributed by atoms with Gasteiger partial charge in [0.1, 0.15) is 0 Å². The minimum atomic E-state index is -1.71. The second kappa shape index (κ2) is 8.97. The van der Waals surface area contributed by atoms with E-state index in [4.69, 9.17) is 4.43 Å². The maximum atomic E-state index is 6.49. The van der Waals surface area contributed by atoms with Gasteiger partial charge >= 0.3 is 0 Å². The Morgan fingerprint density at radius 3 is 2.40 bits per heavy atom. The van der Waals surface area contributed by atoms with Crippen molar-refractivity contribution in [3.8, 4) is 0 Å². The summed E-state index contributed by atoms with van der Waals surface area (Å²) in [4.78, 5) is 1.40. The average molecular weight is 373 g/mol. The van der Waals surface area contributed by atoms with Crippen LogP contribution in [0.15, 0.2) is 60.0 Å². The summed E-state index contributed by atoms with van der Waals surface area (Å²) in [6.07, 6.45) is 6.85. The molecular weight excluding hydrogens is 340 g/mol. The molecule has 0 spiro atoms. The van der Waals surface area contributed by atoms with Crippen LogP contribution in [0.1, 0.15) is 43.6 Å². The summed E-state index contributed by atoms with van der Waals surface area (Å²) in [6, 6.07) is 15.1. The normalized spacial score (nSPS) is 14.1. The molecule has 0 fully saturated rings. The van der Waals surface area contributed by atoms with Gasteiger partial charge in [0.2, 0.25) is 0 Å². The highest BCUT2D eigenvalue weighted by Crippen LogP contribution is 2.37. The first-order chi connectivity index (χ1) is 11.8. The fourth-order valence-corrected chi connectivity index (χ4v) is 4.23. The number of hydrogen-bond donors (Lipinski definition) is 0. The first kappa shape index (κ1) is 20.2. The number of benzene rings is 1. The first-order valence-electron chi connectivity index (χ1n) is 9.17. The van der Waals surface area contributed by atoms with Crippen LogP contribution in [0.25, 0.3) is 0 Å². The molecule has 0 saturated heterocycles. The molecular formula is C22H32OSSi. The Hall–Kier alpha value is -1.16. The second-order valence-electron chi connectivity index (χ2n) is 8.15. The largest absolute Gasteiger partial charge is 0.416 e. The lowest BCUT2D eigenvalue weighted by Gasteiger charge is -2.37. The molecule has 1 atom stereocenters. The SMILES string of the molecule is CC(C)(C)[Si](C)(C)OC[C@H](/C=C/CCc1ccccc1)c1cccs1. The molecule has 1 heterocycles. The van der Waals surface area contributed by atoms with Crippen molar-refractivity contribution in [1.29, 1.82) is 0 Å². The quantitative estimate of drug-likeness (QED) is 0.356. The molecule has 1 aromatic heterocycles. The van der Waals surface area contributed by atoms with Gasteiger partial charge in [0.25, 0.3) is 0 Å². The minimum Gasteiger partial charge on any atom is -0.416 e. The van der Waals surface area contributed by atoms with Crippen LogP contribution in [0.5, 0.6) is 0 Å². The number of hydrogen-bond acceptors (Lipinski definition) is 2. The Bertz CT molecular complexity index is 638. The Kier molecular flexibility index (Phi) is 7.23. The Morgan fingerprint density at radius 1 is 1.08 bits per heavy atom. The lowest BCUT2D eigenvalue weighted by Crippen LogP contribution is -2.41. The van der Waals surface area contributed by atoms with Crippen molar-refractivity contribution in [2.45, 2.75) is 57.7 Å². The van der Waals surface area contributed by atoms with Crippen molar-refractivity contribution >= 4 is 19.7 Å². The molecule has 0 aliphatic rings. The van der Waals surface area contributed by atoms with Crippen molar-refractivity contribution in [2.75, 3.05) is 6.61 Å². The molecule has 3 heteroatoms. The summed E-state index contributed by atoms with van der Waals surface area (Å²) in [5, 5.41) is 2.41. The van der Waals surface area contributed by atoms with Crippen molar-refractivity contribution in [3.05, 3.63) is 70.4 Å². The van der Waals surface area contributed by atoms with Crippen LogP contribution in [0.2, 0.25) is 18.1 Å². The van der Waals surface area contributed by atoms with Gasteiger partial charge in [-0.3, -0.25) is 0 Å². The van der Waals surface area contributed by atoms with Crippen LogP contribution in [0.4, 0.5) is 0 Å². The fourth-order valence-electron chi connectivity index (χ4n) is 2.40. The second-order valence-corrected chi connectivity index (χ2v) is 13.9. The predicted octanol–water partition coefficient (Wildman–Crippen LogP) is 7.04. The topological polar surface area (TPSA) is 9.23 Å². The van der Waals surface area contributed by atoms with Crippen molar-refractivity contribution in [2.24, 2.45) is 0 Å². The third-order valence-corrected chi connectivity index (χ3v) is 10.7. The Balaban J connectivity index is 1.96. The van der Waals surface area contributed by atoms with Crippen LogP contribution in [-0.2, 0) is 10.8 Å². The molecule has 2 rings (SSSR count). The molecule has 0 aliphatic carbocycles.